The molecule has 0 bridgehead atoms. The van der Waals surface area contributed by atoms with Crippen LogP contribution < -0.4 is 0 Å². The van der Waals surface area contributed by atoms with E-state index < -0.39 is 0 Å². The average Bonchev–Trinajstić information content (AvgIpc) is 3.18. The van der Waals surface area contributed by atoms with E-state index in [0.717, 1.165) is 45.1 Å². The lowest BCUT2D eigenvalue weighted by Crippen LogP contribution is -2.40. The van der Waals surface area contributed by atoms with Crippen molar-refractivity contribution < 1.29 is 4.74 Å². The largest absolute Gasteiger partial charge is 0.379 e. The van der Waals surface area contributed by atoms with E-state index in [0.29, 0.717) is 0 Å². The van der Waals surface area contributed by atoms with Crippen LogP contribution in [0.2, 0.25) is 0 Å². The van der Waals surface area contributed by atoms with Gasteiger partial charge in [-0.25, -0.2) is 4.68 Å². The highest BCUT2D eigenvalue weighted by molar-refractivity contribution is 5.28. The van der Waals surface area contributed by atoms with Crippen molar-refractivity contribution in [2.45, 2.75) is 25.9 Å². The van der Waals surface area contributed by atoms with Gasteiger partial charge >= 0.3 is 0 Å². The summed E-state index contributed by atoms with van der Waals surface area (Å²) in [5, 5.41) is 12.7. The predicted octanol–water partition coefficient (Wildman–Crippen LogP) is 2.65. The fourth-order valence-electron chi connectivity index (χ4n) is 3.55. The van der Waals surface area contributed by atoms with Gasteiger partial charge < -0.3 is 4.74 Å². The molecule has 27 heavy (non-hydrogen) atoms. The van der Waals surface area contributed by atoms with Crippen molar-refractivity contribution >= 4 is 0 Å². The van der Waals surface area contributed by atoms with E-state index in [1.54, 1.807) is 0 Å². The molecule has 2 heterocycles. The minimum Gasteiger partial charge on any atom is -0.379 e. The number of ether oxygens (including phenoxy) is 1. The minimum atomic E-state index is 0.0419. The van der Waals surface area contributed by atoms with Crippen molar-refractivity contribution in [3.63, 3.8) is 0 Å². The van der Waals surface area contributed by atoms with Gasteiger partial charge in [-0.1, -0.05) is 60.2 Å². The Bertz CT molecular complexity index is 841. The summed E-state index contributed by atoms with van der Waals surface area (Å²) in [6, 6.07) is 19.2. The molecule has 0 saturated carbocycles. The number of tetrazole rings is 1. The highest BCUT2D eigenvalue weighted by Gasteiger charge is 2.29. The second-order valence-corrected chi connectivity index (χ2v) is 6.96. The maximum atomic E-state index is 5.56. The molecule has 0 N–H and O–H groups in total. The monoisotopic (exact) mass is 363 g/mol. The first kappa shape index (κ1) is 17.8. The van der Waals surface area contributed by atoms with Gasteiger partial charge in [-0.2, -0.15) is 0 Å². The van der Waals surface area contributed by atoms with Crippen LogP contribution in [0.3, 0.4) is 0 Å². The molecule has 0 unspecified atom stereocenters. The molecule has 6 heteroatoms. The molecule has 140 valence electrons. The van der Waals surface area contributed by atoms with E-state index in [-0.39, 0.29) is 6.04 Å². The molecule has 1 atom stereocenters. The fraction of sp³-hybridized carbons (Fsp3) is 0.381. The summed E-state index contributed by atoms with van der Waals surface area (Å²) in [7, 11) is 0. The van der Waals surface area contributed by atoms with E-state index in [9.17, 15) is 0 Å². The van der Waals surface area contributed by atoms with Gasteiger partial charge in [-0.05, 0) is 34.9 Å². The summed E-state index contributed by atoms with van der Waals surface area (Å²) >= 11 is 0. The molecule has 1 saturated heterocycles. The quantitative estimate of drug-likeness (QED) is 0.674. The Kier molecular flexibility index (Phi) is 5.55. The van der Waals surface area contributed by atoms with Crippen LogP contribution in [0.15, 0.2) is 54.6 Å². The Morgan fingerprint density at radius 1 is 1.00 bits per heavy atom. The maximum absolute atomic E-state index is 5.56. The summed E-state index contributed by atoms with van der Waals surface area (Å²) in [4.78, 5) is 2.42. The Labute approximate surface area is 159 Å². The third-order valence-corrected chi connectivity index (χ3v) is 5.06. The van der Waals surface area contributed by atoms with Crippen LogP contribution >= 0.6 is 0 Å². The first-order valence-corrected chi connectivity index (χ1v) is 9.49. The Morgan fingerprint density at radius 3 is 2.48 bits per heavy atom. The smallest absolute Gasteiger partial charge is 0.173 e. The summed E-state index contributed by atoms with van der Waals surface area (Å²) in [5.74, 6) is 0.900. The molecule has 1 aromatic heterocycles. The Morgan fingerprint density at radius 2 is 1.74 bits per heavy atom. The second-order valence-electron chi connectivity index (χ2n) is 6.96. The summed E-state index contributed by atoms with van der Waals surface area (Å²) in [6.07, 6.45) is 0.905. The van der Waals surface area contributed by atoms with E-state index in [4.69, 9.17) is 4.74 Å². The van der Waals surface area contributed by atoms with E-state index in [2.05, 4.69) is 75.9 Å². The maximum Gasteiger partial charge on any atom is 0.173 e. The minimum absolute atomic E-state index is 0.0419. The summed E-state index contributed by atoms with van der Waals surface area (Å²) in [6.45, 7) is 6.12. The Hall–Kier alpha value is -2.57. The molecule has 1 fully saturated rings. The Balaban J connectivity index is 1.62. The number of hydrogen-bond acceptors (Lipinski definition) is 5. The SMILES string of the molecule is Cc1ccc([C@@H](c2nnnn2CCc2ccccc2)N2CCOCC2)cc1. The van der Waals surface area contributed by atoms with Gasteiger partial charge in [0.25, 0.3) is 0 Å². The highest BCUT2D eigenvalue weighted by Crippen LogP contribution is 2.28. The van der Waals surface area contributed by atoms with Crippen LogP contribution in [0.4, 0.5) is 0 Å². The van der Waals surface area contributed by atoms with Crippen molar-refractivity contribution in [3.8, 4) is 0 Å². The number of rotatable bonds is 6. The van der Waals surface area contributed by atoms with Crippen LogP contribution in [0, 0.1) is 6.92 Å². The van der Waals surface area contributed by atoms with Crippen LogP contribution in [0.5, 0.6) is 0 Å². The van der Waals surface area contributed by atoms with Crippen LogP contribution in [-0.4, -0.2) is 51.4 Å². The third-order valence-electron chi connectivity index (χ3n) is 5.06. The van der Waals surface area contributed by atoms with E-state index >= 15 is 0 Å². The summed E-state index contributed by atoms with van der Waals surface area (Å²) in [5.41, 5.74) is 3.76. The van der Waals surface area contributed by atoms with Gasteiger partial charge in [-0.3, -0.25) is 4.90 Å². The molecule has 4 rings (SSSR count). The molecule has 3 aromatic rings. The molecular weight excluding hydrogens is 338 g/mol. The highest BCUT2D eigenvalue weighted by atomic mass is 16.5. The van der Waals surface area contributed by atoms with Crippen LogP contribution in [0.25, 0.3) is 0 Å². The van der Waals surface area contributed by atoms with Crippen molar-refractivity contribution in [2.75, 3.05) is 26.3 Å². The van der Waals surface area contributed by atoms with Crippen molar-refractivity contribution in [2.24, 2.45) is 0 Å². The number of hydrogen-bond donors (Lipinski definition) is 0. The molecule has 0 aliphatic carbocycles. The van der Waals surface area contributed by atoms with Gasteiger partial charge in [0.2, 0.25) is 0 Å². The number of aryl methyl sites for hydroxylation is 3. The van der Waals surface area contributed by atoms with Crippen LogP contribution in [0.1, 0.15) is 28.6 Å². The van der Waals surface area contributed by atoms with Gasteiger partial charge in [0.15, 0.2) is 5.82 Å². The number of benzene rings is 2. The lowest BCUT2D eigenvalue weighted by Gasteiger charge is -2.34. The number of nitrogens with zero attached hydrogens (tertiary/aromatic N) is 5. The van der Waals surface area contributed by atoms with Gasteiger partial charge in [0.05, 0.1) is 19.3 Å². The molecular formula is C21H25N5O. The molecule has 6 nitrogen and oxygen atoms in total. The van der Waals surface area contributed by atoms with E-state index in [1.807, 2.05) is 10.7 Å². The average molecular weight is 363 g/mol. The lowest BCUT2D eigenvalue weighted by molar-refractivity contribution is 0.0216. The van der Waals surface area contributed by atoms with Crippen molar-refractivity contribution in [3.05, 3.63) is 77.1 Å². The molecule has 1 aliphatic rings. The zero-order chi connectivity index (χ0) is 18.5. The summed E-state index contributed by atoms with van der Waals surface area (Å²) < 4.78 is 7.51. The second kappa shape index (κ2) is 8.41. The molecule has 1 aliphatic heterocycles. The number of morpholine rings is 1. The topological polar surface area (TPSA) is 56.1 Å². The zero-order valence-electron chi connectivity index (χ0n) is 15.7. The van der Waals surface area contributed by atoms with Gasteiger partial charge in [-0.15, -0.1) is 5.10 Å². The standard InChI is InChI=1S/C21H25N5O/c1-17-7-9-19(10-8-17)20(25-13-15-27-16-14-25)21-22-23-24-26(21)12-11-18-5-3-2-4-6-18/h2-10,20H,11-16H2,1H3/t20-/m0/s1. The third kappa shape index (κ3) is 4.23. The van der Waals surface area contributed by atoms with Crippen LogP contribution in [-0.2, 0) is 17.7 Å². The van der Waals surface area contributed by atoms with Gasteiger partial charge in [0.1, 0.15) is 0 Å². The van der Waals surface area contributed by atoms with Gasteiger partial charge in [0, 0.05) is 19.6 Å². The first-order valence-electron chi connectivity index (χ1n) is 9.49. The lowest BCUT2D eigenvalue weighted by atomic mass is 10.0. The fourth-order valence-corrected chi connectivity index (χ4v) is 3.55. The molecule has 0 radical (unpaired) electrons. The zero-order valence-corrected chi connectivity index (χ0v) is 15.7. The molecule has 0 spiro atoms. The first-order chi connectivity index (χ1) is 13.3. The van der Waals surface area contributed by atoms with Crippen molar-refractivity contribution in [1.82, 2.24) is 25.1 Å². The normalized spacial score (nSPS) is 16.3. The molecule has 2 aromatic carbocycles. The molecule has 0 amide bonds. The van der Waals surface area contributed by atoms with E-state index in [1.165, 1.54) is 16.7 Å². The number of aromatic nitrogens is 4. The predicted molar refractivity (Wildman–Crippen MR) is 103 cm³/mol. The van der Waals surface area contributed by atoms with Crippen molar-refractivity contribution in [1.29, 1.82) is 0 Å².